The van der Waals surface area contributed by atoms with Crippen LogP contribution in [0.25, 0.3) is 5.76 Å². The highest BCUT2D eigenvalue weighted by atomic mass is 16.5. The lowest BCUT2D eigenvalue weighted by Gasteiger charge is -2.17. The maximum absolute atomic E-state index is 12.0. The van der Waals surface area contributed by atoms with Crippen molar-refractivity contribution < 1.29 is 9.53 Å². The molecule has 0 amide bonds. The molecular weight excluding hydrogens is 272 g/mol. The Morgan fingerprint density at radius 2 is 1.77 bits per heavy atom. The summed E-state index contributed by atoms with van der Waals surface area (Å²) in [7, 11) is 0. The summed E-state index contributed by atoms with van der Waals surface area (Å²) in [6.07, 6.45) is 4.03. The SMILES string of the molecule is Cc1ccc(OC2=CC(=O)CCCc3ccccc32)cc1C. The molecule has 22 heavy (non-hydrogen) atoms. The van der Waals surface area contributed by atoms with Gasteiger partial charge in [0.1, 0.15) is 11.5 Å². The normalized spacial score (nSPS) is 14.6. The molecule has 0 atom stereocenters. The van der Waals surface area contributed by atoms with Crippen LogP contribution in [0.5, 0.6) is 5.75 Å². The van der Waals surface area contributed by atoms with E-state index >= 15 is 0 Å². The molecule has 0 heterocycles. The van der Waals surface area contributed by atoms with Crippen LogP contribution < -0.4 is 4.74 Å². The third-order valence-electron chi connectivity index (χ3n) is 4.15. The first-order valence-electron chi connectivity index (χ1n) is 7.71. The summed E-state index contributed by atoms with van der Waals surface area (Å²) in [5.41, 5.74) is 4.68. The summed E-state index contributed by atoms with van der Waals surface area (Å²) in [4.78, 5) is 12.0. The number of allylic oxidation sites excluding steroid dienone is 1. The third-order valence-corrected chi connectivity index (χ3v) is 4.15. The van der Waals surface area contributed by atoms with E-state index in [0.29, 0.717) is 12.2 Å². The molecule has 0 unspecified atom stereocenters. The van der Waals surface area contributed by atoms with Crippen molar-refractivity contribution in [1.82, 2.24) is 0 Å². The van der Waals surface area contributed by atoms with Gasteiger partial charge >= 0.3 is 0 Å². The van der Waals surface area contributed by atoms with Gasteiger partial charge < -0.3 is 4.74 Å². The fourth-order valence-electron chi connectivity index (χ4n) is 2.72. The number of hydrogen-bond acceptors (Lipinski definition) is 2. The zero-order valence-electron chi connectivity index (χ0n) is 13.1. The van der Waals surface area contributed by atoms with Gasteiger partial charge in [0.2, 0.25) is 0 Å². The largest absolute Gasteiger partial charge is 0.457 e. The van der Waals surface area contributed by atoms with E-state index in [-0.39, 0.29) is 5.78 Å². The summed E-state index contributed by atoms with van der Waals surface area (Å²) < 4.78 is 6.06. The van der Waals surface area contributed by atoms with Crippen LogP contribution >= 0.6 is 0 Å². The van der Waals surface area contributed by atoms with Crippen molar-refractivity contribution in [1.29, 1.82) is 0 Å². The Labute approximate surface area is 131 Å². The lowest BCUT2D eigenvalue weighted by Crippen LogP contribution is -2.07. The average molecular weight is 292 g/mol. The van der Waals surface area contributed by atoms with Crippen molar-refractivity contribution in [3.63, 3.8) is 0 Å². The maximum atomic E-state index is 12.0. The predicted molar refractivity (Wildman–Crippen MR) is 88.9 cm³/mol. The van der Waals surface area contributed by atoms with Crippen molar-refractivity contribution in [3.05, 3.63) is 70.8 Å². The summed E-state index contributed by atoms with van der Waals surface area (Å²) in [5.74, 6) is 1.56. The zero-order valence-corrected chi connectivity index (χ0v) is 13.1. The predicted octanol–water partition coefficient (Wildman–Crippen LogP) is 4.63. The van der Waals surface area contributed by atoms with Gasteiger partial charge in [-0.05, 0) is 55.5 Å². The minimum Gasteiger partial charge on any atom is -0.457 e. The molecule has 2 nitrogen and oxygen atoms in total. The fourth-order valence-corrected chi connectivity index (χ4v) is 2.72. The molecule has 2 heteroatoms. The first kappa shape index (κ1) is 14.6. The van der Waals surface area contributed by atoms with Crippen molar-refractivity contribution in [2.75, 3.05) is 0 Å². The van der Waals surface area contributed by atoms with E-state index in [1.54, 1.807) is 6.08 Å². The fraction of sp³-hybridized carbons (Fsp3) is 0.250. The van der Waals surface area contributed by atoms with Crippen LogP contribution in [0.2, 0.25) is 0 Å². The van der Waals surface area contributed by atoms with E-state index in [0.717, 1.165) is 24.2 Å². The molecule has 2 aromatic rings. The second-order valence-electron chi connectivity index (χ2n) is 5.83. The molecule has 3 rings (SSSR count). The van der Waals surface area contributed by atoms with Crippen molar-refractivity contribution in [3.8, 4) is 5.75 Å². The van der Waals surface area contributed by atoms with E-state index < -0.39 is 0 Å². The van der Waals surface area contributed by atoms with Gasteiger partial charge in [0.15, 0.2) is 5.78 Å². The van der Waals surface area contributed by atoms with Crippen LogP contribution in [0.3, 0.4) is 0 Å². The van der Waals surface area contributed by atoms with E-state index in [2.05, 4.69) is 19.9 Å². The number of hydrogen-bond donors (Lipinski definition) is 0. The second kappa shape index (κ2) is 6.18. The lowest BCUT2D eigenvalue weighted by molar-refractivity contribution is -0.114. The van der Waals surface area contributed by atoms with Gasteiger partial charge in [-0.2, -0.15) is 0 Å². The number of fused-ring (bicyclic) bond motifs is 1. The standard InChI is InChI=1S/C20H20O2/c1-14-10-11-18(12-15(14)2)22-20-13-17(21)8-5-7-16-6-3-4-9-19(16)20/h3-4,6,9-13H,5,7-8H2,1-2H3. The molecular formula is C20H20O2. The minimum atomic E-state index is 0.133. The van der Waals surface area contributed by atoms with E-state index in [1.165, 1.54) is 16.7 Å². The van der Waals surface area contributed by atoms with Crippen LogP contribution in [0.15, 0.2) is 48.5 Å². The van der Waals surface area contributed by atoms with Crippen LogP contribution in [0, 0.1) is 13.8 Å². The number of ether oxygens (including phenoxy) is 1. The zero-order chi connectivity index (χ0) is 15.5. The Bertz CT molecular complexity index is 741. The van der Waals surface area contributed by atoms with Crippen LogP contribution in [0.4, 0.5) is 0 Å². The van der Waals surface area contributed by atoms with E-state index in [1.807, 2.05) is 36.4 Å². The highest BCUT2D eigenvalue weighted by Crippen LogP contribution is 2.28. The Morgan fingerprint density at radius 1 is 0.955 bits per heavy atom. The van der Waals surface area contributed by atoms with E-state index in [4.69, 9.17) is 4.74 Å². The molecule has 0 saturated carbocycles. The number of rotatable bonds is 2. The van der Waals surface area contributed by atoms with Gasteiger partial charge in [-0.1, -0.05) is 30.3 Å². The Balaban J connectivity index is 2.00. The summed E-state index contributed by atoms with van der Waals surface area (Å²) in [5, 5.41) is 0. The summed E-state index contributed by atoms with van der Waals surface area (Å²) >= 11 is 0. The number of benzene rings is 2. The number of carbonyl (C=O) groups is 1. The molecule has 0 aliphatic heterocycles. The lowest BCUT2D eigenvalue weighted by atomic mass is 9.96. The average Bonchev–Trinajstić information content (AvgIpc) is 2.49. The van der Waals surface area contributed by atoms with Gasteiger partial charge in [0, 0.05) is 18.1 Å². The van der Waals surface area contributed by atoms with Crippen LogP contribution in [-0.2, 0) is 11.2 Å². The summed E-state index contributed by atoms with van der Waals surface area (Å²) in [6.45, 7) is 4.14. The van der Waals surface area contributed by atoms with Gasteiger partial charge in [-0.3, -0.25) is 4.79 Å². The smallest absolute Gasteiger partial charge is 0.159 e. The highest BCUT2D eigenvalue weighted by molar-refractivity contribution is 5.96. The molecule has 0 spiro atoms. The maximum Gasteiger partial charge on any atom is 0.159 e. The Kier molecular flexibility index (Phi) is 4.10. The van der Waals surface area contributed by atoms with Gasteiger partial charge in [0.25, 0.3) is 0 Å². The van der Waals surface area contributed by atoms with Crippen LogP contribution in [0.1, 0.15) is 35.1 Å². The van der Waals surface area contributed by atoms with Crippen molar-refractivity contribution in [2.24, 2.45) is 0 Å². The molecule has 0 saturated heterocycles. The minimum absolute atomic E-state index is 0.133. The number of aryl methyl sites for hydroxylation is 3. The topological polar surface area (TPSA) is 26.3 Å². The van der Waals surface area contributed by atoms with Crippen molar-refractivity contribution in [2.45, 2.75) is 33.1 Å². The molecule has 0 fully saturated rings. The number of ketones is 1. The van der Waals surface area contributed by atoms with Crippen molar-refractivity contribution >= 4 is 11.5 Å². The van der Waals surface area contributed by atoms with E-state index in [9.17, 15) is 4.79 Å². The van der Waals surface area contributed by atoms with Gasteiger partial charge in [-0.15, -0.1) is 0 Å². The molecule has 2 aromatic carbocycles. The van der Waals surface area contributed by atoms with Crippen LogP contribution in [-0.4, -0.2) is 5.78 Å². The molecule has 1 aliphatic rings. The second-order valence-corrected chi connectivity index (χ2v) is 5.83. The number of carbonyl (C=O) groups excluding carboxylic acids is 1. The first-order chi connectivity index (χ1) is 10.6. The molecule has 0 bridgehead atoms. The highest BCUT2D eigenvalue weighted by Gasteiger charge is 2.15. The van der Waals surface area contributed by atoms with Gasteiger partial charge in [0.05, 0.1) is 0 Å². The van der Waals surface area contributed by atoms with Gasteiger partial charge in [-0.25, -0.2) is 0 Å². The Morgan fingerprint density at radius 3 is 2.59 bits per heavy atom. The Hall–Kier alpha value is -2.35. The first-order valence-corrected chi connectivity index (χ1v) is 7.71. The molecule has 112 valence electrons. The molecule has 0 aromatic heterocycles. The third kappa shape index (κ3) is 3.11. The monoisotopic (exact) mass is 292 g/mol. The molecule has 0 N–H and O–H groups in total. The quantitative estimate of drug-likeness (QED) is 0.806. The molecule has 1 aliphatic carbocycles. The summed E-state index contributed by atoms with van der Waals surface area (Å²) in [6, 6.07) is 14.2. The molecule has 0 radical (unpaired) electrons.